The monoisotopic (exact) mass is 329 g/mol. The van der Waals surface area contributed by atoms with Gasteiger partial charge in [-0.2, -0.15) is 0 Å². The van der Waals surface area contributed by atoms with E-state index in [1.165, 1.54) is 7.11 Å². The van der Waals surface area contributed by atoms with E-state index in [0.29, 0.717) is 6.54 Å². The van der Waals surface area contributed by atoms with Crippen LogP contribution in [0.3, 0.4) is 0 Å². The first-order valence-electron chi connectivity index (χ1n) is 7.97. The van der Waals surface area contributed by atoms with Crippen molar-refractivity contribution in [2.75, 3.05) is 7.11 Å². The maximum Gasteiger partial charge on any atom is 0.306 e. The third-order valence-electron chi connectivity index (χ3n) is 4.31. The normalized spacial score (nSPS) is 12.0. The molecular weight excluding hydrogens is 306 g/mol. The van der Waals surface area contributed by atoms with Crippen molar-refractivity contribution >= 4 is 5.97 Å². The molecule has 128 valence electrons. The standard InChI is InChI=1S/C19H23NO4/c1-4-20-8-7-15(10-18(20)22)17(11-19(23)24-3)14-6-5-13(2)16(9-14)12-21/h5-10,17,21H,4,11-12H2,1-3H3. The number of esters is 1. The van der Waals surface area contributed by atoms with E-state index in [1.807, 2.05) is 38.1 Å². The van der Waals surface area contributed by atoms with E-state index < -0.39 is 0 Å². The van der Waals surface area contributed by atoms with Crippen molar-refractivity contribution in [3.63, 3.8) is 0 Å². The van der Waals surface area contributed by atoms with Gasteiger partial charge in [0.15, 0.2) is 0 Å². The van der Waals surface area contributed by atoms with E-state index >= 15 is 0 Å². The fourth-order valence-corrected chi connectivity index (χ4v) is 2.76. The fraction of sp³-hybridized carbons (Fsp3) is 0.368. The van der Waals surface area contributed by atoms with E-state index in [1.54, 1.807) is 16.8 Å². The van der Waals surface area contributed by atoms with Gasteiger partial charge >= 0.3 is 5.97 Å². The summed E-state index contributed by atoms with van der Waals surface area (Å²) in [5, 5.41) is 9.49. The molecule has 0 aliphatic heterocycles. The summed E-state index contributed by atoms with van der Waals surface area (Å²) in [6.45, 7) is 4.36. The zero-order valence-electron chi connectivity index (χ0n) is 14.3. The maximum atomic E-state index is 12.1. The van der Waals surface area contributed by atoms with Crippen molar-refractivity contribution in [2.45, 2.75) is 39.3 Å². The molecule has 5 heteroatoms. The molecular formula is C19H23NO4. The first-order valence-corrected chi connectivity index (χ1v) is 7.97. The average Bonchev–Trinajstić information content (AvgIpc) is 2.60. The van der Waals surface area contributed by atoms with Crippen LogP contribution in [-0.2, 0) is 22.7 Å². The minimum Gasteiger partial charge on any atom is -0.469 e. The Hall–Kier alpha value is -2.40. The number of pyridine rings is 1. The van der Waals surface area contributed by atoms with Gasteiger partial charge in [0.05, 0.1) is 20.1 Å². The highest BCUT2D eigenvalue weighted by molar-refractivity contribution is 5.71. The number of ether oxygens (including phenoxy) is 1. The van der Waals surface area contributed by atoms with Gasteiger partial charge in [0.1, 0.15) is 0 Å². The van der Waals surface area contributed by atoms with Crippen LogP contribution in [0.1, 0.15) is 41.5 Å². The Kier molecular flexibility index (Phi) is 5.93. The first kappa shape index (κ1) is 17.9. The van der Waals surface area contributed by atoms with Gasteiger partial charge in [-0.1, -0.05) is 18.2 Å². The van der Waals surface area contributed by atoms with Crippen LogP contribution in [0, 0.1) is 6.92 Å². The molecule has 0 radical (unpaired) electrons. The summed E-state index contributed by atoms with van der Waals surface area (Å²) in [5.74, 6) is -0.631. The SMILES string of the molecule is CCn1ccc(C(CC(=O)OC)c2ccc(C)c(CO)c2)cc1=O. The minimum atomic E-state index is -0.342. The Morgan fingerprint density at radius 1 is 1.25 bits per heavy atom. The molecule has 2 aromatic rings. The van der Waals surface area contributed by atoms with Gasteiger partial charge in [0.2, 0.25) is 0 Å². The predicted octanol–water partition coefficient (Wildman–Crippen LogP) is 2.36. The summed E-state index contributed by atoms with van der Waals surface area (Å²) in [5.41, 5.74) is 3.34. The minimum absolute atomic E-state index is 0.0674. The zero-order chi connectivity index (χ0) is 17.7. The zero-order valence-corrected chi connectivity index (χ0v) is 14.3. The lowest BCUT2D eigenvalue weighted by Crippen LogP contribution is -2.20. The molecule has 0 saturated carbocycles. The van der Waals surface area contributed by atoms with E-state index in [0.717, 1.165) is 22.3 Å². The molecule has 1 aromatic carbocycles. The highest BCUT2D eigenvalue weighted by Gasteiger charge is 2.20. The van der Waals surface area contributed by atoms with Crippen molar-refractivity contribution in [3.8, 4) is 0 Å². The smallest absolute Gasteiger partial charge is 0.306 e. The Balaban J connectivity index is 2.50. The van der Waals surface area contributed by atoms with E-state index in [4.69, 9.17) is 4.74 Å². The number of aromatic nitrogens is 1. The highest BCUT2D eigenvalue weighted by Crippen LogP contribution is 2.29. The van der Waals surface area contributed by atoms with E-state index in [2.05, 4.69) is 0 Å². The van der Waals surface area contributed by atoms with Gasteiger partial charge in [-0.05, 0) is 42.2 Å². The molecule has 2 rings (SSSR count). The molecule has 0 saturated heterocycles. The lowest BCUT2D eigenvalue weighted by molar-refractivity contribution is -0.140. The number of hydrogen-bond acceptors (Lipinski definition) is 4. The highest BCUT2D eigenvalue weighted by atomic mass is 16.5. The predicted molar refractivity (Wildman–Crippen MR) is 92.0 cm³/mol. The van der Waals surface area contributed by atoms with Crippen LogP contribution in [0.15, 0.2) is 41.3 Å². The second-order valence-corrected chi connectivity index (χ2v) is 5.76. The van der Waals surface area contributed by atoms with Crippen LogP contribution in [0.25, 0.3) is 0 Å². The van der Waals surface area contributed by atoms with Crippen molar-refractivity contribution < 1.29 is 14.6 Å². The summed E-state index contributed by atoms with van der Waals surface area (Å²) in [6.07, 6.45) is 1.88. The summed E-state index contributed by atoms with van der Waals surface area (Å²) in [4.78, 5) is 24.0. The number of aliphatic hydroxyl groups excluding tert-OH is 1. The quantitative estimate of drug-likeness (QED) is 0.826. The molecule has 1 heterocycles. The van der Waals surface area contributed by atoms with Gasteiger partial charge in [-0.3, -0.25) is 9.59 Å². The molecule has 1 atom stereocenters. The van der Waals surface area contributed by atoms with Crippen LogP contribution in [0.5, 0.6) is 0 Å². The second-order valence-electron chi connectivity index (χ2n) is 5.76. The molecule has 0 aliphatic rings. The number of aliphatic hydroxyl groups is 1. The number of nitrogens with zero attached hydrogens (tertiary/aromatic N) is 1. The molecule has 1 unspecified atom stereocenters. The lowest BCUT2D eigenvalue weighted by atomic mass is 9.87. The van der Waals surface area contributed by atoms with E-state index in [-0.39, 0.29) is 30.5 Å². The number of rotatable bonds is 6. The summed E-state index contributed by atoms with van der Waals surface area (Å²) >= 11 is 0. The Bertz CT molecular complexity index is 779. The molecule has 0 spiro atoms. The Labute approximate surface area is 141 Å². The number of hydrogen-bond donors (Lipinski definition) is 1. The van der Waals surface area contributed by atoms with Crippen LogP contribution in [0.2, 0.25) is 0 Å². The van der Waals surface area contributed by atoms with Gasteiger partial charge < -0.3 is 14.4 Å². The van der Waals surface area contributed by atoms with Crippen LogP contribution in [0.4, 0.5) is 0 Å². The summed E-state index contributed by atoms with van der Waals surface area (Å²) in [7, 11) is 1.35. The molecule has 5 nitrogen and oxygen atoms in total. The van der Waals surface area contributed by atoms with Crippen LogP contribution in [-0.4, -0.2) is 22.8 Å². The number of benzene rings is 1. The molecule has 1 aromatic heterocycles. The van der Waals surface area contributed by atoms with Gasteiger partial charge in [-0.15, -0.1) is 0 Å². The third-order valence-corrected chi connectivity index (χ3v) is 4.31. The molecule has 0 fully saturated rings. The van der Waals surface area contributed by atoms with Crippen molar-refractivity contribution in [3.05, 3.63) is 69.1 Å². The summed E-state index contributed by atoms with van der Waals surface area (Å²) in [6, 6.07) is 9.15. The van der Waals surface area contributed by atoms with Gasteiger partial charge in [-0.25, -0.2) is 0 Å². The summed E-state index contributed by atoms with van der Waals surface area (Å²) < 4.78 is 6.41. The molecule has 1 N–H and O–H groups in total. The number of carbonyl (C=O) groups is 1. The lowest BCUT2D eigenvalue weighted by Gasteiger charge is -2.19. The van der Waals surface area contributed by atoms with Crippen molar-refractivity contribution in [1.29, 1.82) is 0 Å². The number of aryl methyl sites for hydroxylation is 2. The average molecular weight is 329 g/mol. The van der Waals surface area contributed by atoms with Gasteiger partial charge in [0.25, 0.3) is 5.56 Å². The fourth-order valence-electron chi connectivity index (χ4n) is 2.76. The van der Waals surface area contributed by atoms with Crippen molar-refractivity contribution in [1.82, 2.24) is 4.57 Å². The molecule has 0 bridgehead atoms. The Morgan fingerprint density at radius 2 is 1.96 bits per heavy atom. The molecule has 0 aliphatic carbocycles. The topological polar surface area (TPSA) is 68.5 Å². The largest absolute Gasteiger partial charge is 0.469 e. The Morgan fingerprint density at radius 3 is 2.54 bits per heavy atom. The molecule has 24 heavy (non-hydrogen) atoms. The maximum absolute atomic E-state index is 12.1. The van der Waals surface area contributed by atoms with Gasteiger partial charge in [0, 0.05) is 24.7 Å². The van der Waals surface area contributed by atoms with Crippen LogP contribution >= 0.6 is 0 Å². The van der Waals surface area contributed by atoms with Crippen molar-refractivity contribution in [2.24, 2.45) is 0 Å². The first-order chi connectivity index (χ1) is 11.5. The number of methoxy groups -OCH3 is 1. The third kappa shape index (κ3) is 3.92. The van der Waals surface area contributed by atoms with Crippen LogP contribution < -0.4 is 5.56 Å². The van der Waals surface area contributed by atoms with E-state index in [9.17, 15) is 14.7 Å². The second kappa shape index (κ2) is 7.93. The molecule has 0 amide bonds. The number of carbonyl (C=O) groups excluding carboxylic acids is 1.